The molecule has 0 saturated carbocycles. The summed E-state index contributed by atoms with van der Waals surface area (Å²) in [7, 11) is 0. The van der Waals surface area contributed by atoms with Gasteiger partial charge in [0.25, 0.3) is 0 Å². The number of benzene rings is 2. The molecular formula is C20H22ClN3O2. The number of piperazine rings is 1. The van der Waals surface area contributed by atoms with E-state index in [0.29, 0.717) is 17.3 Å². The van der Waals surface area contributed by atoms with E-state index >= 15 is 0 Å². The Balaban J connectivity index is 1.41. The second-order valence-corrected chi connectivity index (χ2v) is 7.31. The summed E-state index contributed by atoms with van der Waals surface area (Å²) in [6.45, 7) is 7.53. The smallest absolute Gasteiger partial charge is 0.408 e. The Kier molecular flexibility index (Phi) is 4.85. The molecule has 0 N–H and O–H groups in total. The normalized spacial score (nSPS) is 16.4. The highest BCUT2D eigenvalue weighted by Crippen LogP contribution is 2.19. The molecule has 1 aliphatic heterocycles. The molecule has 1 fully saturated rings. The minimum Gasteiger partial charge on any atom is -0.408 e. The van der Waals surface area contributed by atoms with Gasteiger partial charge in [0.05, 0.1) is 12.2 Å². The van der Waals surface area contributed by atoms with Crippen molar-refractivity contribution in [3.8, 4) is 0 Å². The molecule has 1 aromatic heterocycles. The van der Waals surface area contributed by atoms with Gasteiger partial charge in [0, 0.05) is 43.8 Å². The average molecular weight is 372 g/mol. The van der Waals surface area contributed by atoms with E-state index in [-0.39, 0.29) is 5.76 Å². The first kappa shape index (κ1) is 17.3. The minimum atomic E-state index is -0.329. The molecule has 2 aromatic carbocycles. The monoisotopic (exact) mass is 371 g/mol. The first-order valence-corrected chi connectivity index (χ1v) is 9.26. The Morgan fingerprint density at radius 3 is 2.54 bits per heavy atom. The van der Waals surface area contributed by atoms with Gasteiger partial charge in [-0.05, 0) is 30.2 Å². The van der Waals surface area contributed by atoms with Gasteiger partial charge in [-0.2, -0.15) is 0 Å². The molecule has 2 heterocycles. The fourth-order valence-corrected chi connectivity index (χ4v) is 3.65. The van der Waals surface area contributed by atoms with Gasteiger partial charge in [0.2, 0.25) is 0 Å². The topological polar surface area (TPSA) is 41.6 Å². The maximum Gasteiger partial charge on any atom is 0.421 e. The Hall–Kier alpha value is -2.08. The molecule has 6 heteroatoms. The van der Waals surface area contributed by atoms with Crippen LogP contribution in [0.5, 0.6) is 0 Å². The van der Waals surface area contributed by atoms with Crippen LogP contribution >= 0.6 is 11.6 Å². The third-order valence-electron chi connectivity index (χ3n) is 5.09. The summed E-state index contributed by atoms with van der Waals surface area (Å²) < 4.78 is 7.00. The van der Waals surface area contributed by atoms with Gasteiger partial charge in [-0.15, -0.1) is 0 Å². The van der Waals surface area contributed by atoms with Gasteiger partial charge >= 0.3 is 5.76 Å². The molecule has 1 aliphatic rings. The Bertz CT molecular complexity index is 971. The number of hydrogen-bond donors (Lipinski definition) is 0. The van der Waals surface area contributed by atoms with E-state index in [1.165, 1.54) is 11.1 Å². The summed E-state index contributed by atoms with van der Waals surface area (Å²) in [6, 6.07) is 13.9. The zero-order valence-electron chi connectivity index (χ0n) is 14.8. The highest BCUT2D eigenvalue weighted by Gasteiger charge is 2.19. The number of rotatable bonds is 4. The number of hydrogen-bond acceptors (Lipinski definition) is 4. The highest BCUT2D eigenvalue weighted by atomic mass is 35.5. The van der Waals surface area contributed by atoms with Crippen molar-refractivity contribution >= 4 is 22.7 Å². The van der Waals surface area contributed by atoms with Gasteiger partial charge in [-0.1, -0.05) is 35.9 Å². The van der Waals surface area contributed by atoms with Crippen LogP contribution in [-0.4, -0.2) is 40.5 Å². The predicted octanol–water partition coefficient (Wildman–Crippen LogP) is 3.33. The molecule has 0 bridgehead atoms. The summed E-state index contributed by atoms with van der Waals surface area (Å²) in [4.78, 5) is 16.9. The largest absolute Gasteiger partial charge is 0.421 e. The SMILES string of the molecule is Cc1ccccc1CN1CCN(Cn2c(=O)oc3cc(Cl)ccc32)CC1. The standard InChI is InChI=1S/C20H22ClN3O2/c1-15-4-2-3-5-16(15)13-22-8-10-23(11-9-22)14-24-18-7-6-17(21)12-19(18)26-20(24)25/h2-7,12H,8-11,13-14H2,1H3. The number of aromatic nitrogens is 1. The second-order valence-electron chi connectivity index (χ2n) is 6.87. The van der Waals surface area contributed by atoms with Gasteiger partial charge in [-0.25, -0.2) is 4.79 Å². The summed E-state index contributed by atoms with van der Waals surface area (Å²) in [5, 5.41) is 0.572. The second kappa shape index (κ2) is 7.27. The molecule has 4 rings (SSSR count). The van der Waals surface area contributed by atoms with E-state index in [0.717, 1.165) is 38.2 Å². The van der Waals surface area contributed by atoms with Crippen LogP contribution in [0.4, 0.5) is 0 Å². The Labute approximate surface area is 157 Å². The van der Waals surface area contributed by atoms with Gasteiger partial charge in [0.1, 0.15) is 0 Å². The zero-order valence-corrected chi connectivity index (χ0v) is 15.6. The maximum absolute atomic E-state index is 12.2. The fraction of sp³-hybridized carbons (Fsp3) is 0.350. The molecule has 5 nitrogen and oxygen atoms in total. The lowest BCUT2D eigenvalue weighted by Crippen LogP contribution is -2.47. The highest BCUT2D eigenvalue weighted by molar-refractivity contribution is 6.31. The zero-order chi connectivity index (χ0) is 18.1. The molecule has 0 amide bonds. The van der Waals surface area contributed by atoms with Crippen LogP contribution in [0.2, 0.25) is 5.02 Å². The number of aryl methyl sites for hydroxylation is 1. The Morgan fingerprint density at radius 2 is 1.77 bits per heavy atom. The third kappa shape index (κ3) is 3.56. The summed E-state index contributed by atoms with van der Waals surface area (Å²) in [5.41, 5.74) is 4.06. The third-order valence-corrected chi connectivity index (χ3v) is 5.33. The van der Waals surface area contributed by atoms with E-state index in [2.05, 4.69) is 41.0 Å². The van der Waals surface area contributed by atoms with Crippen molar-refractivity contribution in [2.75, 3.05) is 26.2 Å². The summed E-state index contributed by atoms with van der Waals surface area (Å²) in [6.07, 6.45) is 0. The van der Waals surface area contributed by atoms with Gasteiger partial charge in [0.15, 0.2) is 5.58 Å². The van der Waals surface area contributed by atoms with Crippen LogP contribution in [0, 0.1) is 6.92 Å². The maximum atomic E-state index is 12.2. The van der Waals surface area contributed by atoms with Crippen molar-refractivity contribution < 1.29 is 4.42 Å². The quantitative estimate of drug-likeness (QED) is 0.705. The van der Waals surface area contributed by atoms with Crippen molar-refractivity contribution in [1.82, 2.24) is 14.4 Å². The molecule has 0 aliphatic carbocycles. The lowest BCUT2D eigenvalue weighted by atomic mass is 10.1. The molecule has 0 unspecified atom stereocenters. The van der Waals surface area contributed by atoms with E-state index in [9.17, 15) is 4.79 Å². The summed E-state index contributed by atoms with van der Waals surface area (Å²) >= 11 is 5.98. The molecule has 0 atom stereocenters. The molecule has 26 heavy (non-hydrogen) atoms. The van der Waals surface area contributed by atoms with Crippen molar-refractivity contribution in [3.05, 3.63) is 69.2 Å². The lowest BCUT2D eigenvalue weighted by Gasteiger charge is -2.34. The lowest BCUT2D eigenvalue weighted by molar-refractivity contribution is 0.102. The van der Waals surface area contributed by atoms with Crippen LogP contribution in [0.1, 0.15) is 11.1 Å². The van der Waals surface area contributed by atoms with E-state index < -0.39 is 0 Å². The first-order chi connectivity index (χ1) is 12.6. The number of nitrogens with zero attached hydrogens (tertiary/aromatic N) is 3. The van der Waals surface area contributed by atoms with Crippen LogP contribution in [0.3, 0.4) is 0 Å². The number of halogens is 1. The van der Waals surface area contributed by atoms with Crippen molar-refractivity contribution in [3.63, 3.8) is 0 Å². The predicted molar refractivity (Wildman–Crippen MR) is 104 cm³/mol. The van der Waals surface area contributed by atoms with Crippen molar-refractivity contribution in [2.24, 2.45) is 0 Å². The van der Waals surface area contributed by atoms with Crippen LogP contribution in [0.25, 0.3) is 11.1 Å². The van der Waals surface area contributed by atoms with Crippen molar-refractivity contribution in [2.45, 2.75) is 20.1 Å². The van der Waals surface area contributed by atoms with E-state index in [1.54, 1.807) is 16.7 Å². The molecule has 3 aromatic rings. The first-order valence-electron chi connectivity index (χ1n) is 8.88. The van der Waals surface area contributed by atoms with Crippen LogP contribution in [0.15, 0.2) is 51.7 Å². The number of fused-ring (bicyclic) bond motifs is 1. The van der Waals surface area contributed by atoms with Crippen molar-refractivity contribution in [1.29, 1.82) is 0 Å². The van der Waals surface area contributed by atoms with E-state index in [4.69, 9.17) is 16.0 Å². The summed E-state index contributed by atoms with van der Waals surface area (Å²) in [5.74, 6) is -0.329. The molecular weight excluding hydrogens is 350 g/mol. The van der Waals surface area contributed by atoms with Crippen LogP contribution < -0.4 is 5.76 Å². The fourth-order valence-electron chi connectivity index (χ4n) is 3.49. The Morgan fingerprint density at radius 1 is 1.04 bits per heavy atom. The average Bonchev–Trinajstić information content (AvgIpc) is 2.93. The molecule has 0 spiro atoms. The minimum absolute atomic E-state index is 0.329. The number of oxazole rings is 1. The van der Waals surface area contributed by atoms with Crippen LogP contribution in [-0.2, 0) is 13.2 Å². The van der Waals surface area contributed by atoms with Gasteiger partial charge < -0.3 is 4.42 Å². The van der Waals surface area contributed by atoms with E-state index in [1.807, 2.05) is 6.07 Å². The molecule has 0 radical (unpaired) electrons. The molecule has 1 saturated heterocycles. The molecule has 136 valence electrons. The van der Waals surface area contributed by atoms with Gasteiger partial charge in [-0.3, -0.25) is 14.4 Å².